The fourth-order valence-electron chi connectivity index (χ4n) is 2.45. The number of pyridine rings is 1. The molecule has 0 aliphatic rings. The van der Waals surface area contributed by atoms with E-state index in [0.717, 1.165) is 26.7 Å². The molecule has 25 heavy (non-hydrogen) atoms. The first-order valence-corrected chi connectivity index (χ1v) is 8.62. The van der Waals surface area contributed by atoms with Gasteiger partial charge in [0.1, 0.15) is 11.4 Å². The fourth-order valence-corrected chi connectivity index (χ4v) is 3.26. The van der Waals surface area contributed by atoms with Gasteiger partial charge in [0.05, 0.1) is 12.1 Å². The molecule has 0 saturated carbocycles. The molecule has 0 fully saturated rings. The Balaban J connectivity index is 1.38. The molecule has 0 saturated heterocycles. The van der Waals surface area contributed by atoms with Crippen molar-refractivity contribution >= 4 is 28.3 Å². The lowest BCUT2D eigenvalue weighted by Gasteiger charge is -2.04. The second-order valence-electron chi connectivity index (χ2n) is 5.46. The molecular weight excluding hydrogens is 334 g/mol. The standard InChI is InChI=1S/C19H15N3O2S/c23-19(14-10-13-8-9-20-18(13)21-11-14)22-12-16-6-7-17(25-16)24-15-4-2-1-3-5-15/h1-11H,12H2,(H,20,21)(H,22,23). The van der Waals surface area contributed by atoms with Crippen LogP contribution in [0.3, 0.4) is 0 Å². The zero-order valence-corrected chi connectivity index (χ0v) is 14.0. The fraction of sp³-hybridized carbons (Fsp3) is 0.0526. The second-order valence-corrected chi connectivity index (χ2v) is 6.59. The molecule has 5 nitrogen and oxygen atoms in total. The molecule has 0 aliphatic carbocycles. The summed E-state index contributed by atoms with van der Waals surface area (Å²) in [5.41, 5.74) is 1.32. The number of amides is 1. The highest BCUT2D eigenvalue weighted by Gasteiger charge is 2.09. The molecule has 2 N–H and O–H groups in total. The summed E-state index contributed by atoms with van der Waals surface area (Å²) in [5.74, 6) is 0.653. The molecule has 0 radical (unpaired) electrons. The minimum atomic E-state index is -0.144. The largest absolute Gasteiger partial charge is 0.447 e. The quantitative estimate of drug-likeness (QED) is 0.563. The number of H-pyrrole nitrogens is 1. The number of hydrogen-bond donors (Lipinski definition) is 2. The molecule has 124 valence electrons. The summed E-state index contributed by atoms with van der Waals surface area (Å²) < 4.78 is 5.78. The Hall–Kier alpha value is -3.12. The maximum atomic E-state index is 12.3. The van der Waals surface area contributed by atoms with Crippen LogP contribution in [0.25, 0.3) is 11.0 Å². The predicted octanol–water partition coefficient (Wildman–Crippen LogP) is 4.35. The number of ether oxygens (including phenoxy) is 1. The number of carbonyl (C=O) groups excluding carboxylic acids is 1. The van der Waals surface area contributed by atoms with E-state index < -0.39 is 0 Å². The molecule has 3 heterocycles. The maximum absolute atomic E-state index is 12.3. The molecule has 0 aliphatic heterocycles. The molecule has 1 amide bonds. The Labute approximate surface area is 148 Å². The number of nitrogens with one attached hydrogen (secondary N) is 2. The normalized spacial score (nSPS) is 10.7. The Morgan fingerprint density at radius 3 is 2.92 bits per heavy atom. The van der Waals surface area contributed by atoms with Gasteiger partial charge in [-0.2, -0.15) is 0 Å². The van der Waals surface area contributed by atoms with Gasteiger partial charge in [-0.25, -0.2) is 4.98 Å². The van der Waals surface area contributed by atoms with E-state index in [1.807, 2.05) is 54.6 Å². The molecule has 3 aromatic heterocycles. The number of fused-ring (bicyclic) bond motifs is 1. The van der Waals surface area contributed by atoms with Gasteiger partial charge in [0, 0.05) is 22.7 Å². The molecule has 1 aromatic carbocycles. The first-order chi connectivity index (χ1) is 12.3. The minimum absolute atomic E-state index is 0.144. The second kappa shape index (κ2) is 6.78. The van der Waals surface area contributed by atoms with Crippen LogP contribution in [0.5, 0.6) is 10.8 Å². The topological polar surface area (TPSA) is 67.0 Å². The van der Waals surface area contributed by atoms with Crippen molar-refractivity contribution in [2.45, 2.75) is 6.54 Å². The van der Waals surface area contributed by atoms with E-state index in [1.165, 1.54) is 11.3 Å². The zero-order chi connectivity index (χ0) is 17.1. The summed E-state index contributed by atoms with van der Waals surface area (Å²) in [7, 11) is 0. The van der Waals surface area contributed by atoms with Crippen LogP contribution in [-0.2, 0) is 6.54 Å². The smallest absolute Gasteiger partial charge is 0.253 e. The lowest BCUT2D eigenvalue weighted by Crippen LogP contribution is -2.22. The van der Waals surface area contributed by atoms with Crippen molar-refractivity contribution in [2.75, 3.05) is 0 Å². The van der Waals surface area contributed by atoms with E-state index in [4.69, 9.17) is 4.74 Å². The van der Waals surface area contributed by atoms with Crippen LogP contribution >= 0.6 is 11.3 Å². The highest BCUT2D eigenvalue weighted by Crippen LogP contribution is 2.29. The molecule has 0 spiro atoms. The summed E-state index contributed by atoms with van der Waals surface area (Å²) >= 11 is 1.51. The lowest BCUT2D eigenvalue weighted by molar-refractivity contribution is 0.0951. The molecular formula is C19H15N3O2S. The number of benzene rings is 1. The third-order valence-corrected chi connectivity index (χ3v) is 4.65. The number of carbonyl (C=O) groups is 1. The third kappa shape index (κ3) is 3.54. The molecule has 4 aromatic rings. The molecule has 4 rings (SSSR count). The summed E-state index contributed by atoms with van der Waals surface area (Å²) in [6, 6.07) is 17.2. The number of para-hydroxylation sites is 1. The number of nitrogens with zero attached hydrogens (tertiary/aromatic N) is 1. The molecule has 0 atom stereocenters. The van der Waals surface area contributed by atoms with Crippen LogP contribution < -0.4 is 10.1 Å². The SMILES string of the molecule is O=C(NCc1ccc(Oc2ccccc2)s1)c1cnc2[nH]ccc2c1. The summed E-state index contributed by atoms with van der Waals surface area (Å²) in [5, 5.41) is 4.63. The Morgan fingerprint density at radius 2 is 2.04 bits per heavy atom. The third-order valence-electron chi connectivity index (χ3n) is 3.68. The van der Waals surface area contributed by atoms with E-state index in [0.29, 0.717) is 12.1 Å². The highest BCUT2D eigenvalue weighted by molar-refractivity contribution is 7.13. The van der Waals surface area contributed by atoms with E-state index in [1.54, 1.807) is 12.4 Å². The van der Waals surface area contributed by atoms with Gasteiger partial charge in [0.2, 0.25) is 0 Å². The van der Waals surface area contributed by atoms with Crippen LogP contribution in [0.1, 0.15) is 15.2 Å². The van der Waals surface area contributed by atoms with E-state index in [2.05, 4.69) is 15.3 Å². The predicted molar refractivity (Wildman–Crippen MR) is 98.1 cm³/mol. The summed E-state index contributed by atoms with van der Waals surface area (Å²) in [6.07, 6.45) is 3.38. The van der Waals surface area contributed by atoms with Crippen LogP contribution in [-0.4, -0.2) is 15.9 Å². The van der Waals surface area contributed by atoms with Crippen LogP contribution in [0.4, 0.5) is 0 Å². The van der Waals surface area contributed by atoms with Gasteiger partial charge in [0.25, 0.3) is 5.91 Å². The van der Waals surface area contributed by atoms with Crippen LogP contribution in [0.15, 0.2) is 67.0 Å². The average Bonchev–Trinajstić information content (AvgIpc) is 3.29. The molecule has 0 unspecified atom stereocenters. The maximum Gasteiger partial charge on any atom is 0.253 e. The number of rotatable bonds is 5. The van der Waals surface area contributed by atoms with Gasteiger partial charge in [-0.15, -0.1) is 11.3 Å². The van der Waals surface area contributed by atoms with Gasteiger partial charge < -0.3 is 15.0 Å². The number of aromatic nitrogens is 2. The van der Waals surface area contributed by atoms with Crippen molar-refractivity contribution in [2.24, 2.45) is 0 Å². The first-order valence-electron chi connectivity index (χ1n) is 7.81. The van der Waals surface area contributed by atoms with Crippen molar-refractivity contribution in [1.29, 1.82) is 0 Å². The lowest BCUT2D eigenvalue weighted by atomic mass is 10.2. The van der Waals surface area contributed by atoms with Crippen LogP contribution in [0.2, 0.25) is 0 Å². The van der Waals surface area contributed by atoms with Crippen molar-refractivity contribution in [3.05, 3.63) is 77.4 Å². The van der Waals surface area contributed by atoms with Gasteiger partial charge in [0.15, 0.2) is 5.06 Å². The van der Waals surface area contributed by atoms with E-state index in [9.17, 15) is 4.79 Å². The van der Waals surface area contributed by atoms with Crippen LogP contribution in [0, 0.1) is 0 Å². The van der Waals surface area contributed by atoms with Gasteiger partial charge >= 0.3 is 0 Å². The molecule has 0 bridgehead atoms. The minimum Gasteiger partial charge on any atom is -0.447 e. The van der Waals surface area contributed by atoms with E-state index in [-0.39, 0.29) is 5.91 Å². The van der Waals surface area contributed by atoms with Gasteiger partial charge in [-0.05, 0) is 36.4 Å². The Bertz CT molecular complexity index is 1010. The summed E-state index contributed by atoms with van der Waals surface area (Å²) in [6.45, 7) is 0.451. The van der Waals surface area contributed by atoms with Gasteiger partial charge in [-0.1, -0.05) is 18.2 Å². The van der Waals surface area contributed by atoms with Crippen molar-refractivity contribution in [3.63, 3.8) is 0 Å². The number of aromatic amines is 1. The van der Waals surface area contributed by atoms with Crippen molar-refractivity contribution < 1.29 is 9.53 Å². The molecule has 6 heteroatoms. The highest BCUT2D eigenvalue weighted by atomic mass is 32.1. The average molecular weight is 349 g/mol. The van der Waals surface area contributed by atoms with E-state index >= 15 is 0 Å². The first kappa shape index (κ1) is 15.4. The zero-order valence-electron chi connectivity index (χ0n) is 13.2. The van der Waals surface area contributed by atoms with Gasteiger partial charge in [-0.3, -0.25) is 4.79 Å². The Morgan fingerprint density at radius 1 is 1.16 bits per heavy atom. The number of hydrogen-bond acceptors (Lipinski definition) is 4. The number of thiophene rings is 1. The van der Waals surface area contributed by atoms with Crippen molar-refractivity contribution in [3.8, 4) is 10.8 Å². The monoisotopic (exact) mass is 349 g/mol. The summed E-state index contributed by atoms with van der Waals surface area (Å²) in [4.78, 5) is 20.6. The Kier molecular flexibility index (Phi) is 4.18. The van der Waals surface area contributed by atoms with Crippen molar-refractivity contribution in [1.82, 2.24) is 15.3 Å².